The molecule has 0 bridgehead atoms. The topological polar surface area (TPSA) is 89.3 Å². The predicted molar refractivity (Wildman–Crippen MR) is 104 cm³/mol. The molecule has 1 amide bonds. The summed E-state index contributed by atoms with van der Waals surface area (Å²) in [4.78, 5) is 13.0. The normalized spacial score (nSPS) is 11.4. The molecule has 0 saturated carbocycles. The summed E-state index contributed by atoms with van der Waals surface area (Å²) in [7, 11) is -3.40. The van der Waals surface area contributed by atoms with Gasteiger partial charge >= 0.3 is 0 Å². The zero-order valence-corrected chi connectivity index (χ0v) is 16.5. The Morgan fingerprint density at radius 3 is 2.52 bits per heavy atom. The molecular weight excluding hydrogens is 388 g/mol. The fourth-order valence-electron chi connectivity index (χ4n) is 2.63. The van der Waals surface area contributed by atoms with E-state index in [1.54, 1.807) is 44.2 Å². The van der Waals surface area contributed by atoms with Crippen molar-refractivity contribution >= 4 is 33.0 Å². The third-order valence-electron chi connectivity index (χ3n) is 4.10. The van der Waals surface area contributed by atoms with Gasteiger partial charge in [0.2, 0.25) is 0 Å². The first kappa shape index (κ1) is 19.1. The number of hydrogen-bond donors (Lipinski definition) is 1. The van der Waals surface area contributed by atoms with Gasteiger partial charge < -0.3 is 9.84 Å². The van der Waals surface area contributed by atoms with Crippen LogP contribution < -0.4 is 5.32 Å². The summed E-state index contributed by atoms with van der Waals surface area (Å²) in [5.74, 6) is -0.128. The summed E-state index contributed by atoms with van der Waals surface area (Å²) in [6.45, 7) is 3.40. The summed E-state index contributed by atoms with van der Waals surface area (Å²) < 4.78 is 28.8. The van der Waals surface area contributed by atoms with E-state index in [1.807, 2.05) is 0 Å². The minimum Gasteiger partial charge on any atom is -0.360 e. The summed E-state index contributed by atoms with van der Waals surface area (Å²) in [6.07, 6.45) is 1.11. The van der Waals surface area contributed by atoms with Gasteiger partial charge in [-0.15, -0.1) is 0 Å². The van der Waals surface area contributed by atoms with Crippen molar-refractivity contribution in [2.24, 2.45) is 0 Å². The molecule has 0 aliphatic rings. The van der Waals surface area contributed by atoms with Crippen LogP contribution in [-0.4, -0.2) is 25.7 Å². The van der Waals surface area contributed by atoms with Gasteiger partial charge in [0.1, 0.15) is 17.0 Å². The third kappa shape index (κ3) is 3.89. The van der Waals surface area contributed by atoms with Gasteiger partial charge in [-0.2, -0.15) is 0 Å². The second-order valence-corrected chi connectivity index (χ2v) is 8.57. The monoisotopic (exact) mass is 404 g/mol. The summed E-state index contributed by atoms with van der Waals surface area (Å²) in [5.41, 5.74) is 2.26. The Kier molecular flexibility index (Phi) is 5.08. The number of aryl methyl sites for hydroxylation is 2. The van der Waals surface area contributed by atoms with Crippen LogP contribution in [0.3, 0.4) is 0 Å². The number of rotatable bonds is 4. The molecule has 3 aromatic rings. The van der Waals surface area contributed by atoms with E-state index in [1.165, 1.54) is 12.1 Å². The Labute approximate surface area is 162 Å². The molecule has 140 valence electrons. The van der Waals surface area contributed by atoms with Gasteiger partial charge in [-0.3, -0.25) is 4.79 Å². The molecule has 0 unspecified atom stereocenters. The Balaban J connectivity index is 2.02. The molecule has 1 aromatic heterocycles. The van der Waals surface area contributed by atoms with E-state index in [2.05, 4.69) is 10.5 Å². The minimum absolute atomic E-state index is 0.122. The maximum absolute atomic E-state index is 12.9. The summed E-state index contributed by atoms with van der Waals surface area (Å²) in [6, 6.07) is 11.6. The average molecular weight is 405 g/mol. The Morgan fingerprint density at radius 1 is 1.15 bits per heavy atom. The van der Waals surface area contributed by atoms with Crippen molar-refractivity contribution in [1.29, 1.82) is 0 Å². The molecule has 8 heteroatoms. The number of halogens is 1. The molecule has 0 atom stereocenters. The first-order valence-electron chi connectivity index (χ1n) is 8.01. The van der Waals surface area contributed by atoms with Crippen LogP contribution in [0.25, 0.3) is 11.3 Å². The molecular formula is C19H17ClN2O4S. The Morgan fingerprint density at radius 2 is 1.85 bits per heavy atom. The van der Waals surface area contributed by atoms with E-state index in [9.17, 15) is 13.2 Å². The lowest BCUT2D eigenvalue weighted by Gasteiger charge is -2.10. The fourth-order valence-corrected chi connectivity index (χ4v) is 3.50. The van der Waals surface area contributed by atoms with Crippen LogP contribution in [0.5, 0.6) is 0 Å². The largest absolute Gasteiger partial charge is 0.360 e. The molecule has 1 heterocycles. The third-order valence-corrected chi connectivity index (χ3v) is 5.54. The van der Waals surface area contributed by atoms with Gasteiger partial charge in [0.15, 0.2) is 9.84 Å². The SMILES string of the molecule is Cc1ccc(S(C)(=O)=O)cc1NC(=O)c1c(-c2ccccc2Cl)noc1C. The van der Waals surface area contributed by atoms with Gasteiger partial charge in [-0.1, -0.05) is 41.0 Å². The highest BCUT2D eigenvalue weighted by molar-refractivity contribution is 7.90. The first-order chi connectivity index (χ1) is 12.7. The number of nitrogens with zero attached hydrogens (tertiary/aromatic N) is 1. The number of benzene rings is 2. The van der Waals surface area contributed by atoms with Crippen molar-refractivity contribution in [3.05, 3.63) is 64.4 Å². The highest BCUT2D eigenvalue weighted by Gasteiger charge is 2.23. The number of sulfone groups is 1. The first-order valence-corrected chi connectivity index (χ1v) is 10.3. The fraction of sp³-hybridized carbons (Fsp3) is 0.158. The van der Waals surface area contributed by atoms with Crippen LogP contribution >= 0.6 is 11.6 Å². The molecule has 6 nitrogen and oxygen atoms in total. The van der Waals surface area contributed by atoms with Crippen LogP contribution in [0.2, 0.25) is 5.02 Å². The highest BCUT2D eigenvalue weighted by atomic mass is 35.5. The van der Waals surface area contributed by atoms with Crippen molar-refractivity contribution in [1.82, 2.24) is 5.16 Å². The van der Waals surface area contributed by atoms with Gasteiger partial charge in [0.25, 0.3) is 5.91 Å². The lowest BCUT2D eigenvalue weighted by molar-refractivity contribution is 0.102. The Bertz CT molecular complexity index is 1140. The molecule has 3 rings (SSSR count). The zero-order valence-electron chi connectivity index (χ0n) is 14.9. The van der Waals surface area contributed by atoms with Gasteiger partial charge in [-0.25, -0.2) is 8.42 Å². The molecule has 0 aliphatic heterocycles. The maximum atomic E-state index is 12.9. The van der Waals surface area contributed by atoms with E-state index >= 15 is 0 Å². The van der Waals surface area contributed by atoms with Crippen molar-refractivity contribution < 1.29 is 17.7 Å². The summed E-state index contributed by atoms with van der Waals surface area (Å²) >= 11 is 6.22. The quantitative estimate of drug-likeness (QED) is 0.701. The number of carbonyl (C=O) groups excluding carboxylic acids is 1. The van der Waals surface area contributed by atoms with Crippen LogP contribution in [-0.2, 0) is 9.84 Å². The smallest absolute Gasteiger partial charge is 0.261 e. The van der Waals surface area contributed by atoms with E-state index < -0.39 is 15.7 Å². The summed E-state index contributed by atoms with van der Waals surface area (Å²) in [5, 5.41) is 7.16. The second kappa shape index (κ2) is 7.17. The van der Waals surface area contributed by atoms with Crippen molar-refractivity contribution in [2.45, 2.75) is 18.7 Å². The van der Waals surface area contributed by atoms with Crippen LogP contribution in [0, 0.1) is 13.8 Å². The molecule has 1 N–H and O–H groups in total. The van der Waals surface area contributed by atoms with Gasteiger partial charge in [0, 0.05) is 17.5 Å². The van der Waals surface area contributed by atoms with Crippen LogP contribution in [0.4, 0.5) is 5.69 Å². The van der Waals surface area contributed by atoms with Gasteiger partial charge in [-0.05, 0) is 37.6 Å². The van der Waals surface area contributed by atoms with Crippen molar-refractivity contribution in [3.63, 3.8) is 0 Å². The van der Waals surface area contributed by atoms with Crippen molar-refractivity contribution in [3.8, 4) is 11.3 Å². The molecule has 2 aromatic carbocycles. The van der Waals surface area contributed by atoms with Crippen LogP contribution in [0.15, 0.2) is 51.9 Å². The second-order valence-electron chi connectivity index (χ2n) is 6.15. The number of carbonyl (C=O) groups is 1. The predicted octanol–water partition coefficient (Wildman–Crippen LogP) is 4.27. The minimum atomic E-state index is -3.40. The zero-order chi connectivity index (χ0) is 19.8. The molecule has 27 heavy (non-hydrogen) atoms. The van der Waals surface area contributed by atoms with E-state index in [0.29, 0.717) is 27.7 Å². The average Bonchev–Trinajstić information content (AvgIpc) is 2.97. The molecule has 0 aliphatic carbocycles. The number of amides is 1. The van der Waals surface area contributed by atoms with E-state index in [-0.39, 0.29) is 10.5 Å². The van der Waals surface area contributed by atoms with E-state index in [0.717, 1.165) is 11.8 Å². The lowest BCUT2D eigenvalue weighted by atomic mass is 10.1. The molecule has 0 saturated heterocycles. The number of hydrogen-bond acceptors (Lipinski definition) is 5. The van der Waals surface area contributed by atoms with Crippen LogP contribution in [0.1, 0.15) is 21.7 Å². The lowest BCUT2D eigenvalue weighted by Crippen LogP contribution is -2.15. The number of aromatic nitrogens is 1. The van der Waals surface area contributed by atoms with Crippen molar-refractivity contribution in [2.75, 3.05) is 11.6 Å². The molecule has 0 fully saturated rings. The van der Waals surface area contributed by atoms with E-state index in [4.69, 9.17) is 16.1 Å². The molecule has 0 radical (unpaired) electrons. The standard InChI is InChI=1S/C19H17ClN2O4S/c1-11-8-9-13(27(3,24)25)10-16(11)21-19(23)17-12(2)26-22-18(17)14-6-4-5-7-15(14)20/h4-10H,1-3H3,(H,21,23). The molecule has 0 spiro atoms. The number of nitrogens with one attached hydrogen (secondary N) is 1. The highest BCUT2D eigenvalue weighted by Crippen LogP contribution is 2.32. The number of anilines is 1. The van der Waals surface area contributed by atoms with Gasteiger partial charge in [0.05, 0.1) is 9.92 Å². The maximum Gasteiger partial charge on any atom is 0.261 e. The Hall–Kier alpha value is -2.64.